The van der Waals surface area contributed by atoms with E-state index in [4.69, 9.17) is 21.1 Å². The van der Waals surface area contributed by atoms with Gasteiger partial charge in [-0.1, -0.05) is 18.5 Å². The number of imide groups is 1. The van der Waals surface area contributed by atoms with Crippen molar-refractivity contribution in [2.24, 2.45) is 0 Å². The Hall–Kier alpha value is -1.66. The minimum Gasteiger partial charge on any atom is -0.491 e. The SMILES string of the molecule is CCCN1C(=O)S/C(=C/c2cc(Cl)c(OC)c(OCC)c2)C1=O. The highest BCUT2D eigenvalue weighted by molar-refractivity contribution is 8.18. The molecule has 0 radical (unpaired) electrons. The Morgan fingerprint density at radius 3 is 2.65 bits per heavy atom. The summed E-state index contributed by atoms with van der Waals surface area (Å²) in [5.74, 6) is 0.679. The number of hydrogen-bond acceptors (Lipinski definition) is 5. The van der Waals surface area contributed by atoms with Crippen molar-refractivity contribution in [1.82, 2.24) is 4.90 Å². The molecule has 2 amide bonds. The number of methoxy groups -OCH3 is 1. The van der Waals surface area contributed by atoms with Gasteiger partial charge in [0, 0.05) is 6.54 Å². The van der Waals surface area contributed by atoms with Gasteiger partial charge >= 0.3 is 0 Å². The van der Waals surface area contributed by atoms with E-state index in [0.717, 1.165) is 18.2 Å². The van der Waals surface area contributed by atoms with Gasteiger partial charge in [0.1, 0.15) is 0 Å². The van der Waals surface area contributed by atoms with Crippen molar-refractivity contribution in [3.8, 4) is 11.5 Å². The molecule has 7 heteroatoms. The monoisotopic (exact) mass is 355 g/mol. The summed E-state index contributed by atoms with van der Waals surface area (Å²) in [6.07, 6.45) is 2.38. The van der Waals surface area contributed by atoms with Crippen molar-refractivity contribution in [3.05, 3.63) is 27.6 Å². The number of carbonyl (C=O) groups is 2. The second-order valence-corrected chi connectivity index (χ2v) is 6.20. The zero-order valence-electron chi connectivity index (χ0n) is 13.2. The lowest BCUT2D eigenvalue weighted by atomic mass is 10.1. The van der Waals surface area contributed by atoms with E-state index >= 15 is 0 Å². The number of benzene rings is 1. The van der Waals surface area contributed by atoms with E-state index in [9.17, 15) is 9.59 Å². The van der Waals surface area contributed by atoms with Gasteiger partial charge in [-0.25, -0.2) is 0 Å². The molecule has 124 valence electrons. The van der Waals surface area contributed by atoms with Crippen LogP contribution in [-0.2, 0) is 4.79 Å². The van der Waals surface area contributed by atoms with E-state index in [1.807, 2.05) is 13.8 Å². The minimum absolute atomic E-state index is 0.243. The van der Waals surface area contributed by atoms with Crippen LogP contribution in [0.5, 0.6) is 11.5 Å². The second kappa shape index (κ2) is 7.75. The standard InChI is InChI=1S/C16H18ClNO4S/c1-4-6-18-15(19)13(23-16(18)20)9-10-7-11(17)14(21-3)12(8-10)22-5-2/h7-9H,4-6H2,1-3H3/b13-9+. The number of hydrogen-bond donors (Lipinski definition) is 0. The molecule has 0 aromatic heterocycles. The molecule has 0 N–H and O–H groups in total. The zero-order chi connectivity index (χ0) is 17.0. The molecular weight excluding hydrogens is 338 g/mol. The summed E-state index contributed by atoms with van der Waals surface area (Å²) in [4.78, 5) is 25.8. The van der Waals surface area contributed by atoms with Gasteiger partial charge in [0.25, 0.3) is 11.1 Å². The van der Waals surface area contributed by atoms with Gasteiger partial charge < -0.3 is 9.47 Å². The fraction of sp³-hybridized carbons (Fsp3) is 0.375. The summed E-state index contributed by atoms with van der Waals surface area (Å²) >= 11 is 7.13. The van der Waals surface area contributed by atoms with Crippen LogP contribution in [0.4, 0.5) is 4.79 Å². The minimum atomic E-state index is -0.272. The highest BCUT2D eigenvalue weighted by Crippen LogP contribution is 2.38. The van der Waals surface area contributed by atoms with Crippen LogP contribution >= 0.6 is 23.4 Å². The van der Waals surface area contributed by atoms with Crippen molar-refractivity contribution in [3.63, 3.8) is 0 Å². The summed E-state index contributed by atoms with van der Waals surface area (Å²) in [7, 11) is 1.51. The molecule has 0 aliphatic carbocycles. The molecule has 0 atom stereocenters. The summed E-state index contributed by atoms with van der Waals surface area (Å²) < 4.78 is 10.7. The van der Waals surface area contributed by atoms with Crippen molar-refractivity contribution in [1.29, 1.82) is 0 Å². The molecule has 1 fully saturated rings. The lowest BCUT2D eigenvalue weighted by molar-refractivity contribution is -0.122. The van der Waals surface area contributed by atoms with Gasteiger partial charge in [0.05, 0.1) is 23.6 Å². The number of carbonyl (C=O) groups excluding carboxylic acids is 2. The highest BCUT2D eigenvalue weighted by Gasteiger charge is 2.34. The van der Waals surface area contributed by atoms with Crippen LogP contribution in [-0.4, -0.2) is 36.3 Å². The Morgan fingerprint density at radius 2 is 2.04 bits per heavy atom. The predicted octanol–water partition coefficient (Wildman–Crippen LogP) is 4.19. The van der Waals surface area contributed by atoms with E-state index in [1.165, 1.54) is 12.0 Å². The van der Waals surface area contributed by atoms with Gasteiger partial charge in [-0.2, -0.15) is 0 Å². The molecule has 1 aromatic carbocycles. The van der Waals surface area contributed by atoms with E-state index in [2.05, 4.69) is 0 Å². The van der Waals surface area contributed by atoms with Crippen molar-refractivity contribution in [2.75, 3.05) is 20.3 Å². The second-order valence-electron chi connectivity index (χ2n) is 4.80. The normalized spacial score (nSPS) is 16.3. The van der Waals surface area contributed by atoms with Crippen molar-refractivity contribution in [2.45, 2.75) is 20.3 Å². The molecule has 5 nitrogen and oxygen atoms in total. The van der Waals surface area contributed by atoms with E-state index in [0.29, 0.717) is 40.1 Å². The molecule has 0 unspecified atom stereocenters. The van der Waals surface area contributed by atoms with Crippen LogP contribution in [0, 0.1) is 0 Å². The summed E-state index contributed by atoms with van der Waals surface area (Å²) in [6.45, 7) is 4.67. The highest BCUT2D eigenvalue weighted by atomic mass is 35.5. The van der Waals surface area contributed by atoms with Crippen LogP contribution in [0.15, 0.2) is 17.0 Å². The largest absolute Gasteiger partial charge is 0.491 e. The molecule has 0 saturated carbocycles. The molecular formula is C16H18ClNO4S. The molecule has 1 aromatic rings. The quantitative estimate of drug-likeness (QED) is 0.716. The molecule has 0 spiro atoms. The number of amides is 2. The third-order valence-electron chi connectivity index (χ3n) is 3.15. The number of thioether (sulfide) groups is 1. The Kier molecular flexibility index (Phi) is 5.96. The van der Waals surface area contributed by atoms with Crippen LogP contribution < -0.4 is 9.47 Å². The lowest BCUT2D eigenvalue weighted by Gasteiger charge is -2.12. The van der Waals surface area contributed by atoms with Gasteiger partial charge in [0.2, 0.25) is 0 Å². The van der Waals surface area contributed by atoms with Gasteiger partial charge in [-0.15, -0.1) is 0 Å². The van der Waals surface area contributed by atoms with E-state index < -0.39 is 0 Å². The maximum atomic E-state index is 12.3. The summed E-state index contributed by atoms with van der Waals surface area (Å²) in [5, 5.41) is 0.144. The van der Waals surface area contributed by atoms with Gasteiger partial charge in [-0.3, -0.25) is 14.5 Å². The number of rotatable bonds is 6. The first-order valence-electron chi connectivity index (χ1n) is 7.27. The molecule has 1 aliphatic rings. The summed E-state index contributed by atoms with van der Waals surface area (Å²) in [6, 6.07) is 3.42. The van der Waals surface area contributed by atoms with Crippen LogP contribution in [0.2, 0.25) is 5.02 Å². The maximum Gasteiger partial charge on any atom is 0.293 e. The van der Waals surface area contributed by atoms with E-state index in [1.54, 1.807) is 18.2 Å². The molecule has 1 aliphatic heterocycles. The van der Waals surface area contributed by atoms with Crippen LogP contribution in [0.1, 0.15) is 25.8 Å². The molecule has 1 saturated heterocycles. The van der Waals surface area contributed by atoms with Crippen LogP contribution in [0.25, 0.3) is 6.08 Å². The zero-order valence-corrected chi connectivity index (χ0v) is 14.8. The number of ether oxygens (including phenoxy) is 2. The Morgan fingerprint density at radius 1 is 1.30 bits per heavy atom. The van der Waals surface area contributed by atoms with Crippen molar-refractivity contribution >= 4 is 40.6 Å². The number of halogens is 1. The van der Waals surface area contributed by atoms with Crippen molar-refractivity contribution < 1.29 is 19.1 Å². The Bertz CT molecular complexity index is 660. The maximum absolute atomic E-state index is 12.3. The first kappa shape index (κ1) is 17.7. The third-order valence-corrected chi connectivity index (χ3v) is 4.34. The van der Waals surface area contributed by atoms with Crippen LogP contribution in [0.3, 0.4) is 0 Å². The Labute approximate surface area is 144 Å². The molecule has 2 rings (SSSR count). The third kappa shape index (κ3) is 3.82. The molecule has 0 bridgehead atoms. The first-order valence-corrected chi connectivity index (χ1v) is 8.46. The lowest BCUT2D eigenvalue weighted by Crippen LogP contribution is -2.28. The Balaban J connectivity index is 2.36. The predicted molar refractivity (Wildman–Crippen MR) is 92.1 cm³/mol. The van der Waals surface area contributed by atoms with Gasteiger partial charge in [-0.05, 0) is 48.9 Å². The number of nitrogens with zero attached hydrogens (tertiary/aromatic N) is 1. The topological polar surface area (TPSA) is 55.8 Å². The van der Waals surface area contributed by atoms with E-state index in [-0.39, 0.29) is 11.1 Å². The molecule has 23 heavy (non-hydrogen) atoms. The van der Waals surface area contributed by atoms with Gasteiger partial charge in [0.15, 0.2) is 11.5 Å². The fourth-order valence-electron chi connectivity index (χ4n) is 2.20. The molecule has 1 heterocycles. The smallest absolute Gasteiger partial charge is 0.293 e. The first-order chi connectivity index (χ1) is 11.0. The fourth-order valence-corrected chi connectivity index (χ4v) is 3.36. The summed E-state index contributed by atoms with van der Waals surface area (Å²) in [5.41, 5.74) is 0.682. The average molecular weight is 356 g/mol. The average Bonchev–Trinajstić information content (AvgIpc) is 2.75.